The van der Waals surface area contributed by atoms with Crippen LogP contribution in [0, 0.1) is 5.92 Å². The lowest BCUT2D eigenvalue weighted by Gasteiger charge is -2.41. The Hall–Kier alpha value is -1.50. The second kappa shape index (κ2) is 7.59. The zero-order valence-corrected chi connectivity index (χ0v) is 15.0. The molecule has 7 heteroatoms. The van der Waals surface area contributed by atoms with E-state index in [1.807, 2.05) is 13.8 Å². The van der Waals surface area contributed by atoms with Gasteiger partial charge in [-0.15, -0.1) is 0 Å². The van der Waals surface area contributed by atoms with E-state index in [0.29, 0.717) is 17.3 Å². The van der Waals surface area contributed by atoms with Gasteiger partial charge in [0.1, 0.15) is 0 Å². The predicted molar refractivity (Wildman–Crippen MR) is 90.8 cm³/mol. The Morgan fingerprint density at radius 2 is 2.21 bits per heavy atom. The first kappa shape index (κ1) is 18.8. The van der Waals surface area contributed by atoms with Crippen molar-refractivity contribution in [1.29, 1.82) is 0 Å². The van der Waals surface area contributed by atoms with Gasteiger partial charge in [0.25, 0.3) is 0 Å². The van der Waals surface area contributed by atoms with E-state index in [-0.39, 0.29) is 11.7 Å². The molecule has 0 amide bonds. The van der Waals surface area contributed by atoms with Crippen LogP contribution in [0.25, 0.3) is 0 Å². The third-order valence-corrected chi connectivity index (χ3v) is 4.84. The van der Waals surface area contributed by atoms with Crippen LogP contribution in [-0.4, -0.2) is 53.5 Å². The number of piperidine rings is 1. The van der Waals surface area contributed by atoms with Gasteiger partial charge in [-0.1, -0.05) is 18.5 Å². The molecule has 2 N–H and O–H groups in total. The van der Waals surface area contributed by atoms with Gasteiger partial charge in [0.05, 0.1) is 17.7 Å². The van der Waals surface area contributed by atoms with Crippen LogP contribution >= 0.6 is 11.6 Å². The van der Waals surface area contributed by atoms with Crippen LogP contribution in [0.15, 0.2) is 12.1 Å². The van der Waals surface area contributed by atoms with Crippen molar-refractivity contribution < 1.29 is 24.5 Å². The van der Waals surface area contributed by atoms with Gasteiger partial charge in [-0.25, -0.2) is 4.79 Å². The van der Waals surface area contributed by atoms with Gasteiger partial charge in [0.2, 0.25) is 0 Å². The van der Waals surface area contributed by atoms with Crippen molar-refractivity contribution in [3.05, 3.63) is 22.7 Å². The predicted octanol–water partition coefficient (Wildman–Crippen LogP) is 2.40. The van der Waals surface area contributed by atoms with Crippen molar-refractivity contribution >= 4 is 17.6 Å². The molecule has 6 nitrogen and oxygen atoms in total. The van der Waals surface area contributed by atoms with Gasteiger partial charge in [-0.2, -0.15) is 0 Å². The first-order chi connectivity index (χ1) is 11.2. The van der Waals surface area contributed by atoms with E-state index in [4.69, 9.17) is 26.2 Å². The minimum absolute atomic E-state index is 0.182. The summed E-state index contributed by atoms with van der Waals surface area (Å²) in [6.45, 7) is 5.72. The average molecular weight is 358 g/mol. The van der Waals surface area contributed by atoms with Gasteiger partial charge in [0, 0.05) is 19.6 Å². The average Bonchev–Trinajstić information content (AvgIpc) is 2.49. The molecule has 2 atom stereocenters. The van der Waals surface area contributed by atoms with Crippen LogP contribution in [0.2, 0.25) is 5.02 Å². The van der Waals surface area contributed by atoms with E-state index >= 15 is 0 Å². The van der Waals surface area contributed by atoms with Crippen molar-refractivity contribution in [3.8, 4) is 11.5 Å². The highest BCUT2D eigenvalue weighted by atomic mass is 35.5. The van der Waals surface area contributed by atoms with Gasteiger partial charge in [-0.3, -0.25) is 4.90 Å². The molecule has 0 spiro atoms. The Balaban J connectivity index is 2.11. The molecule has 1 fully saturated rings. The first-order valence-corrected chi connectivity index (χ1v) is 8.26. The molecular formula is C17H24ClNO5. The maximum Gasteiger partial charge on any atom is 0.341 e. The number of likely N-dealkylation sites (tertiary alicyclic amines) is 1. The van der Waals surface area contributed by atoms with Crippen LogP contribution in [0.3, 0.4) is 0 Å². The van der Waals surface area contributed by atoms with Crippen molar-refractivity contribution in [2.45, 2.75) is 32.4 Å². The summed E-state index contributed by atoms with van der Waals surface area (Å²) in [7, 11) is 1.49. The number of aliphatic hydroxyl groups is 1. The molecule has 0 bridgehead atoms. The summed E-state index contributed by atoms with van der Waals surface area (Å²) in [5, 5.41) is 19.3. The number of rotatable bonds is 6. The molecule has 0 saturated carbocycles. The molecule has 0 radical (unpaired) electrons. The largest absolute Gasteiger partial charge is 0.493 e. The lowest BCUT2D eigenvalue weighted by molar-refractivity contribution is -0.139. The maximum absolute atomic E-state index is 10.7. The molecule has 1 unspecified atom stereocenters. The Morgan fingerprint density at radius 3 is 2.79 bits per heavy atom. The number of carboxylic acids is 1. The standard InChI is InChI=1S/C17H24ClNO5/c1-11-8-19(5-4-17(11,2)22)9-12-6-13(18)16(14(7-12)23-3)24-10-15(20)21/h6-7,11,22H,4-5,8-10H2,1-3H3,(H,20,21)/t11?,17-/m0/s1. The number of benzene rings is 1. The SMILES string of the molecule is COc1cc(CN2CC[C@](C)(O)C(C)C2)cc(Cl)c1OCC(=O)O. The highest BCUT2D eigenvalue weighted by molar-refractivity contribution is 6.32. The van der Waals surface area contributed by atoms with Crippen LogP contribution < -0.4 is 9.47 Å². The van der Waals surface area contributed by atoms with Gasteiger partial charge >= 0.3 is 5.97 Å². The van der Waals surface area contributed by atoms with Crippen LogP contribution in [0.5, 0.6) is 11.5 Å². The molecule has 1 heterocycles. The molecule has 1 aromatic carbocycles. The van der Waals surface area contributed by atoms with E-state index < -0.39 is 18.2 Å². The fourth-order valence-electron chi connectivity index (χ4n) is 2.85. The zero-order valence-electron chi connectivity index (χ0n) is 14.2. The van der Waals surface area contributed by atoms with Crippen LogP contribution in [-0.2, 0) is 11.3 Å². The smallest absolute Gasteiger partial charge is 0.341 e. The molecular weight excluding hydrogens is 334 g/mol. The van der Waals surface area contributed by atoms with Gasteiger partial charge in [-0.05, 0) is 37.0 Å². The fourth-order valence-corrected chi connectivity index (χ4v) is 3.13. The topological polar surface area (TPSA) is 79.2 Å². The summed E-state index contributed by atoms with van der Waals surface area (Å²) in [4.78, 5) is 12.9. The lowest BCUT2D eigenvalue weighted by atomic mass is 9.84. The molecule has 1 saturated heterocycles. The molecule has 0 aromatic heterocycles. The summed E-state index contributed by atoms with van der Waals surface area (Å²) < 4.78 is 10.5. The number of halogens is 1. The number of carboxylic acid groups (broad SMARTS) is 1. The normalized spacial score (nSPS) is 24.6. The van der Waals surface area contributed by atoms with Crippen LogP contribution in [0.4, 0.5) is 0 Å². The summed E-state index contributed by atoms with van der Waals surface area (Å²) in [5.74, 6) is -0.246. The Bertz CT molecular complexity index is 605. The lowest BCUT2D eigenvalue weighted by Crippen LogP contribution is -2.48. The van der Waals surface area contributed by atoms with Crippen LogP contribution in [0.1, 0.15) is 25.8 Å². The zero-order chi connectivity index (χ0) is 17.9. The number of methoxy groups -OCH3 is 1. The summed E-state index contributed by atoms with van der Waals surface area (Å²) in [6, 6.07) is 3.57. The highest BCUT2D eigenvalue weighted by Crippen LogP contribution is 2.37. The number of carbonyl (C=O) groups is 1. The number of ether oxygens (including phenoxy) is 2. The fraction of sp³-hybridized carbons (Fsp3) is 0.588. The van der Waals surface area contributed by atoms with Crippen molar-refractivity contribution in [2.24, 2.45) is 5.92 Å². The van der Waals surface area contributed by atoms with E-state index in [0.717, 1.165) is 25.1 Å². The van der Waals surface area contributed by atoms with Crippen molar-refractivity contribution in [1.82, 2.24) is 4.90 Å². The minimum Gasteiger partial charge on any atom is -0.493 e. The van der Waals surface area contributed by atoms with E-state index in [2.05, 4.69) is 4.90 Å². The van der Waals surface area contributed by atoms with Gasteiger partial charge in [0.15, 0.2) is 18.1 Å². The second-order valence-corrected chi connectivity index (χ2v) is 6.94. The van der Waals surface area contributed by atoms with Crippen molar-refractivity contribution in [2.75, 3.05) is 26.8 Å². The Morgan fingerprint density at radius 1 is 1.50 bits per heavy atom. The third-order valence-electron chi connectivity index (χ3n) is 4.56. The summed E-state index contributed by atoms with van der Waals surface area (Å²) >= 11 is 6.23. The molecule has 134 valence electrons. The van der Waals surface area contributed by atoms with E-state index in [9.17, 15) is 9.90 Å². The monoisotopic (exact) mass is 357 g/mol. The summed E-state index contributed by atoms with van der Waals surface area (Å²) in [5.41, 5.74) is 0.327. The minimum atomic E-state index is -1.08. The summed E-state index contributed by atoms with van der Waals surface area (Å²) in [6.07, 6.45) is 0.721. The number of nitrogens with zero attached hydrogens (tertiary/aromatic N) is 1. The molecule has 24 heavy (non-hydrogen) atoms. The molecule has 0 aliphatic carbocycles. The van der Waals surface area contributed by atoms with Crippen molar-refractivity contribution in [3.63, 3.8) is 0 Å². The number of aliphatic carboxylic acids is 1. The van der Waals surface area contributed by atoms with E-state index in [1.54, 1.807) is 12.1 Å². The molecule has 1 aromatic rings. The number of hydrogen-bond acceptors (Lipinski definition) is 5. The Labute approximate surface area is 146 Å². The maximum atomic E-state index is 10.7. The molecule has 2 rings (SSSR count). The second-order valence-electron chi connectivity index (χ2n) is 6.53. The quantitative estimate of drug-likeness (QED) is 0.814. The molecule has 1 aliphatic rings. The van der Waals surface area contributed by atoms with Gasteiger partial charge < -0.3 is 19.7 Å². The molecule has 1 aliphatic heterocycles. The first-order valence-electron chi connectivity index (χ1n) is 7.88. The Kier molecular flexibility index (Phi) is 5.96. The third kappa shape index (κ3) is 4.53. The van der Waals surface area contributed by atoms with E-state index in [1.165, 1.54) is 7.11 Å². The number of hydrogen-bond donors (Lipinski definition) is 2. The highest BCUT2D eigenvalue weighted by Gasteiger charge is 2.34.